The number of nitrogens with zero attached hydrogens (tertiary/aromatic N) is 2. The normalized spacial score (nSPS) is 20.0. The molecule has 1 atom stereocenters. The number of hydrazine groups is 1. The maximum Gasteiger partial charge on any atom is 0.104 e. The Morgan fingerprint density at radius 1 is 2.00 bits per heavy atom. The molecule has 58 valence electrons. The lowest BCUT2D eigenvalue weighted by atomic mass is 10.4. The third kappa shape index (κ3) is 2.17. The van der Waals surface area contributed by atoms with Crippen LogP contribution in [0.15, 0.2) is 5.10 Å². The lowest BCUT2D eigenvalue weighted by Crippen LogP contribution is -2.42. The summed E-state index contributed by atoms with van der Waals surface area (Å²) in [5, 5.41) is 5.82. The van der Waals surface area contributed by atoms with Gasteiger partial charge in [-0.2, -0.15) is 5.10 Å². The van der Waals surface area contributed by atoms with Gasteiger partial charge in [0, 0.05) is 12.6 Å². The molecule has 0 fully saturated rings. The molecule has 1 aliphatic heterocycles. The predicted octanol–water partition coefficient (Wildman–Crippen LogP) is -0.212. The largest absolute Gasteiger partial charge is 0.329 e. The summed E-state index contributed by atoms with van der Waals surface area (Å²) < 4.78 is 0. The number of nitrogens with two attached hydrogens (primary N) is 1. The summed E-state index contributed by atoms with van der Waals surface area (Å²) in [5.74, 6) is 0.879. The van der Waals surface area contributed by atoms with E-state index in [-0.39, 0.29) is 0 Å². The highest BCUT2D eigenvalue weighted by atomic mass is 32.2. The molecule has 1 heterocycles. The molecular weight excluding hydrogens is 148 g/mol. The first kappa shape index (κ1) is 7.84. The van der Waals surface area contributed by atoms with Gasteiger partial charge in [0.25, 0.3) is 0 Å². The summed E-state index contributed by atoms with van der Waals surface area (Å²) in [4.78, 5) is 0. The molecule has 0 bridgehead atoms. The number of hydrogen-bond donors (Lipinski definition) is 2. The van der Waals surface area contributed by atoms with Gasteiger partial charge in [-0.15, -0.1) is 0 Å². The Hall–Kier alpha value is -0.260. The van der Waals surface area contributed by atoms with Crippen LogP contribution in [0.4, 0.5) is 0 Å². The standard InChI is InChI=1S/C5H12N4S/c1-5(2-6)8-9-4-10-3-7-9/h3,5,8H,2,4,6H2,1H3. The van der Waals surface area contributed by atoms with Crippen molar-refractivity contribution in [1.29, 1.82) is 0 Å². The monoisotopic (exact) mass is 160 g/mol. The minimum Gasteiger partial charge on any atom is -0.329 e. The van der Waals surface area contributed by atoms with Crippen molar-refractivity contribution in [3.63, 3.8) is 0 Å². The Morgan fingerprint density at radius 2 is 2.80 bits per heavy atom. The van der Waals surface area contributed by atoms with E-state index in [4.69, 9.17) is 5.73 Å². The van der Waals surface area contributed by atoms with Crippen LogP contribution in [0.5, 0.6) is 0 Å². The zero-order valence-electron chi connectivity index (χ0n) is 5.95. The van der Waals surface area contributed by atoms with E-state index < -0.39 is 0 Å². The zero-order valence-corrected chi connectivity index (χ0v) is 6.77. The van der Waals surface area contributed by atoms with Gasteiger partial charge in [0.2, 0.25) is 0 Å². The molecule has 3 N–H and O–H groups in total. The third-order valence-corrected chi connectivity index (χ3v) is 1.82. The zero-order chi connectivity index (χ0) is 7.40. The second-order valence-corrected chi connectivity index (χ2v) is 2.98. The molecular formula is C5H12N4S. The van der Waals surface area contributed by atoms with E-state index in [1.54, 1.807) is 16.9 Å². The van der Waals surface area contributed by atoms with Crippen molar-refractivity contribution in [2.24, 2.45) is 10.8 Å². The van der Waals surface area contributed by atoms with Crippen LogP contribution in [0, 0.1) is 0 Å². The van der Waals surface area contributed by atoms with Gasteiger partial charge in [0.15, 0.2) is 0 Å². The van der Waals surface area contributed by atoms with E-state index in [1.807, 2.05) is 12.5 Å². The highest BCUT2D eigenvalue weighted by Crippen LogP contribution is 2.06. The third-order valence-electron chi connectivity index (χ3n) is 1.18. The fraction of sp³-hybridized carbons (Fsp3) is 0.800. The smallest absolute Gasteiger partial charge is 0.104 e. The molecule has 1 rings (SSSR count). The van der Waals surface area contributed by atoms with Crippen molar-refractivity contribution < 1.29 is 0 Å². The average Bonchev–Trinajstić information content (AvgIpc) is 2.40. The molecule has 0 aromatic carbocycles. The Morgan fingerprint density at radius 3 is 3.30 bits per heavy atom. The van der Waals surface area contributed by atoms with Crippen LogP contribution in [0.2, 0.25) is 0 Å². The highest BCUT2D eigenvalue weighted by molar-refractivity contribution is 8.12. The molecule has 0 saturated heterocycles. The van der Waals surface area contributed by atoms with Crippen molar-refractivity contribution >= 4 is 17.3 Å². The highest BCUT2D eigenvalue weighted by Gasteiger charge is 2.07. The van der Waals surface area contributed by atoms with Crippen LogP contribution < -0.4 is 11.2 Å². The lowest BCUT2D eigenvalue weighted by Gasteiger charge is -2.18. The molecule has 4 nitrogen and oxygen atoms in total. The second-order valence-electron chi connectivity index (χ2n) is 2.18. The van der Waals surface area contributed by atoms with Gasteiger partial charge >= 0.3 is 0 Å². The molecule has 1 unspecified atom stereocenters. The molecule has 0 aliphatic carbocycles. The number of nitrogens with one attached hydrogen (secondary N) is 1. The SMILES string of the molecule is CC(CN)NN1CSC=N1. The van der Waals surface area contributed by atoms with Gasteiger partial charge in [-0.1, -0.05) is 11.8 Å². The van der Waals surface area contributed by atoms with E-state index in [0.717, 1.165) is 5.88 Å². The predicted molar refractivity (Wildman–Crippen MR) is 44.4 cm³/mol. The Labute approximate surface area is 64.8 Å². The van der Waals surface area contributed by atoms with Crippen LogP contribution in [0.1, 0.15) is 6.92 Å². The first-order valence-corrected chi connectivity index (χ1v) is 4.25. The Kier molecular flexibility index (Phi) is 2.98. The van der Waals surface area contributed by atoms with E-state index in [9.17, 15) is 0 Å². The van der Waals surface area contributed by atoms with Gasteiger partial charge in [0.05, 0.1) is 5.55 Å². The Balaban J connectivity index is 2.18. The molecule has 0 amide bonds. The number of rotatable bonds is 3. The maximum absolute atomic E-state index is 5.40. The van der Waals surface area contributed by atoms with Crippen LogP contribution in [-0.2, 0) is 0 Å². The number of thioether (sulfide) groups is 1. The van der Waals surface area contributed by atoms with Crippen LogP contribution in [-0.4, -0.2) is 29.1 Å². The fourth-order valence-corrected chi connectivity index (χ4v) is 1.13. The van der Waals surface area contributed by atoms with Gasteiger partial charge < -0.3 is 5.73 Å². The minimum absolute atomic E-state index is 0.302. The van der Waals surface area contributed by atoms with Crippen molar-refractivity contribution in [1.82, 2.24) is 10.5 Å². The molecule has 0 aromatic rings. The number of hydrazone groups is 1. The summed E-state index contributed by atoms with van der Waals surface area (Å²) in [7, 11) is 0. The summed E-state index contributed by atoms with van der Waals surface area (Å²) in [6.07, 6.45) is 0. The van der Waals surface area contributed by atoms with Crippen LogP contribution >= 0.6 is 11.8 Å². The molecule has 5 heteroatoms. The van der Waals surface area contributed by atoms with Crippen LogP contribution in [0.25, 0.3) is 0 Å². The fourth-order valence-electron chi connectivity index (χ4n) is 0.605. The number of hydrogen-bond acceptors (Lipinski definition) is 5. The first-order chi connectivity index (χ1) is 4.83. The summed E-state index contributed by atoms with van der Waals surface area (Å²) in [6, 6.07) is 0.302. The lowest BCUT2D eigenvalue weighted by molar-refractivity contribution is 0.211. The van der Waals surface area contributed by atoms with E-state index >= 15 is 0 Å². The minimum atomic E-state index is 0.302. The van der Waals surface area contributed by atoms with E-state index in [1.165, 1.54) is 0 Å². The summed E-state index contributed by atoms with van der Waals surface area (Å²) in [5.41, 5.74) is 10.3. The van der Waals surface area contributed by atoms with Crippen molar-refractivity contribution in [2.75, 3.05) is 12.4 Å². The molecule has 1 aliphatic rings. The van der Waals surface area contributed by atoms with Gasteiger partial charge in [-0.3, -0.25) is 0 Å². The first-order valence-electron chi connectivity index (χ1n) is 3.20. The Bertz CT molecular complexity index is 127. The summed E-state index contributed by atoms with van der Waals surface area (Å²) >= 11 is 1.67. The van der Waals surface area contributed by atoms with E-state index in [2.05, 4.69) is 10.5 Å². The van der Waals surface area contributed by atoms with Crippen molar-refractivity contribution in [3.05, 3.63) is 0 Å². The van der Waals surface area contributed by atoms with Crippen molar-refractivity contribution in [3.8, 4) is 0 Å². The van der Waals surface area contributed by atoms with E-state index in [0.29, 0.717) is 12.6 Å². The average molecular weight is 160 g/mol. The maximum atomic E-state index is 5.40. The second kappa shape index (κ2) is 3.80. The molecule has 0 aromatic heterocycles. The molecule has 0 spiro atoms. The quantitative estimate of drug-likeness (QED) is 0.599. The van der Waals surface area contributed by atoms with Gasteiger partial charge in [-0.25, -0.2) is 10.5 Å². The van der Waals surface area contributed by atoms with Crippen molar-refractivity contribution in [2.45, 2.75) is 13.0 Å². The summed E-state index contributed by atoms with van der Waals surface area (Å²) in [6.45, 7) is 2.66. The molecule has 0 saturated carbocycles. The van der Waals surface area contributed by atoms with Gasteiger partial charge in [0.1, 0.15) is 5.88 Å². The van der Waals surface area contributed by atoms with Crippen LogP contribution in [0.3, 0.4) is 0 Å². The molecule has 0 radical (unpaired) electrons. The molecule has 10 heavy (non-hydrogen) atoms. The topological polar surface area (TPSA) is 53.6 Å². The van der Waals surface area contributed by atoms with Gasteiger partial charge in [-0.05, 0) is 6.92 Å².